The van der Waals surface area contributed by atoms with Crippen LogP contribution in [0.25, 0.3) is 0 Å². The number of hydrogen-bond donors (Lipinski definition) is 1. The molecule has 4 heteroatoms. The van der Waals surface area contributed by atoms with Gasteiger partial charge in [-0.25, -0.2) is 4.98 Å². The lowest BCUT2D eigenvalue weighted by Gasteiger charge is -2.12. The van der Waals surface area contributed by atoms with Gasteiger partial charge in [0.1, 0.15) is 11.3 Å². The van der Waals surface area contributed by atoms with E-state index in [1.54, 1.807) is 13.8 Å². The summed E-state index contributed by atoms with van der Waals surface area (Å²) in [5.74, 6) is 0. The van der Waals surface area contributed by atoms with E-state index in [0.29, 0.717) is 5.69 Å². The van der Waals surface area contributed by atoms with Crippen LogP contribution in [0.3, 0.4) is 0 Å². The number of aliphatic hydroxyl groups is 1. The van der Waals surface area contributed by atoms with E-state index < -0.39 is 5.60 Å². The Morgan fingerprint density at radius 1 is 1.70 bits per heavy atom. The Bertz CT molecular complexity index is 226. The van der Waals surface area contributed by atoms with Crippen LogP contribution in [0.5, 0.6) is 0 Å². The van der Waals surface area contributed by atoms with E-state index in [0.717, 1.165) is 0 Å². The molecule has 0 saturated carbocycles. The smallest absolute Gasteiger partial charge is 0.219 e. The molecule has 0 saturated heterocycles. The highest BCUT2D eigenvalue weighted by atomic mass is 35.5. The maximum absolute atomic E-state index is 9.35. The third-order valence-electron chi connectivity index (χ3n) is 1.10. The molecule has 0 bridgehead atoms. The molecule has 0 fully saturated rings. The second kappa shape index (κ2) is 2.25. The first-order valence-electron chi connectivity index (χ1n) is 2.83. The van der Waals surface area contributed by atoms with Crippen molar-refractivity contribution >= 4 is 11.6 Å². The minimum Gasteiger partial charge on any atom is -0.432 e. The van der Waals surface area contributed by atoms with Gasteiger partial charge in [0, 0.05) is 0 Å². The van der Waals surface area contributed by atoms with Crippen molar-refractivity contribution in [1.82, 2.24) is 4.98 Å². The predicted octanol–water partition coefficient (Wildman–Crippen LogP) is 1.56. The summed E-state index contributed by atoms with van der Waals surface area (Å²) in [5, 5.41) is 9.50. The summed E-state index contributed by atoms with van der Waals surface area (Å²) < 4.78 is 4.69. The van der Waals surface area contributed by atoms with E-state index in [-0.39, 0.29) is 5.22 Å². The van der Waals surface area contributed by atoms with Crippen LogP contribution in [0.1, 0.15) is 19.5 Å². The lowest BCUT2D eigenvalue weighted by molar-refractivity contribution is 0.0739. The van der Waals surface area contributed by atoms with Crippen molar-refractivity contribution in [3.05, 3.63) is 17.3 Å². The largest absolute Gasteiger partial charge is 0.432 e. The quantitative estimate of drug-likeness (QED) is 0.680. The predicted molar refractivity (Wildman–Crippen MR) is 36.8 cm³/mol. The van der Waals surface area contributed by atoms with Gasteiger partial charge in [0.15, 0.2) is 6.39 Å². The van der Waals surface area contributed by atoms with E-state index in [9.17, 15) is 5.11 Å². The van der Waals surface area contributed by atoms with Gasteiger partial charge in [-0.1, -0.05) is 0 Å². The molecule has 1 N–H and O–H groups in total. The Labute approximate surface area is 63.6 Å². The van der Waals surface area contributed by atoms with Gasteiger partial charge in [0.2, 0.25) is 5.22 Å². The van der Waals surface area contributed by atoms with Crippen LogP contribution in [-0.2, 0) is 5.60 Å². The first-order chi connectivity index (χ1) is 4.52. The van der Waals surface area contributed by atoms with Crippen LogP contribution >= 0.6 is 11.6 Å². The van der Waals surface area contributed by atoms with E-state index in [1.807, 2.05) is 0 Å². The molecule has 1 aromatic rings. The van der Waals surface area contributed by atoms with Crippen LogP contribution in [-0.4, -0.2) is 10.1 Å². The fraction of sp³-hybridized carbons (Fsp3) is 0.500. The molecule has 1 heterocycles. The molecular weight excluding hydrogens is 154 g/mol. The van der Waals surface area contributed by atoms with Gasteiger partial charge >= 0.3 is 0 Å². The van der Waals surface area contributed by atoms with Crippen molar-refractivity contribution in [2.75, 3.05) is 0 Å². The SMILES string of the molecule is CC(C)(O)c1ncoc1Cl. The Balaban J connectivity index is 3.05. The zero-order valence-corrected chi connectivity index (χ0v) is 6.51. The van der Waals surface area contributed by atoms with Crippen LogP contribution in [0.2, 0.25) is 5.22 Å². The fourth-order valence-corrected chi connectivity index (χ4v) is 0.950. The lowest BCUT2D eigenvalue weighted by atomic mass is 10.1. The van der Waals surface area contributed by atoms with E-state index >= 15 is 0 Å². The highest BCUT2D eigenvalue weighted by molar-refractivity contribution is 6.29. The topological polar surface area (TPSA) is 46.3 Å². The molecule has 3 nitrogen and oxygen atoms in total. The average molecular weight is 162 g/mol. The zero-order valence-electron chi connectivity index (χ0n) is 5.76. The molecule has 1 rings (SSSR count). The Kier molecular flexibility index (Phi) is 1.70. The summed E-state index contributed by atoms with van der Waals surface area (Å²) in [4.78, 5) is 3.74. The number of oxazole rings is 1. The van der Waals surface area contributed by atoms with Crippen molar-refractivity contribution in [3.63, 3.8) is 0 Å². The number of rotatable bonds is 1. The van der Waals surface area contributed by atoms with Crippen LogP contribution < -0.4 is 0 Å². The molecule has 0 unspecified atom stereocenters. The molecule has 0 spiro atoms. The van der Waals surface area contributed by atoms with Crippen molar-refractivity contribution in [2.24, 2.45) is 0 Å². The number of hydrogen-bond acceptors (Lipinski definition) is 3. The molecule has 0 atom stereocenters. The summed E-state index contributed by atoms with van der Waals surface area (Å²) in [7, 11) is 0. The molecule has 0 aliphatic carbocycles. The fourth-order valence-electron chi connectivity index (χ4n) is 0.630. The van der Waals surface area contributed by atoms with Crippen molar-refractivity contribution in [3.8, 4) is 0 Å². The maximum Gasteiger partial charge on any atom is 0.219 e. The second-order valence-corrected chi connectivity index (χ2v) is 2.88. The Hall–Kier alpha value is -0.540. The zero-order chi connectivity index (χ0) is 7.78. The van der Waals surface area contributed by atoms with Gasteiger partial charge in [-0.15, -0.1) is 0 Å². The number of halogens is 1. The van der Waals surface area contributed by atoms with Crippen LogP contribution in [0.4, 0.5) is 0 Å². The molecule has 0 aliphatic rings. The highest BCUT2D eigenvalue weighted by Crippen LogP contribution is 2.25. The second-order valence-electron chi connectivity index (χ2n) is 2.53. The van der Waals surface area contributed by atoms with Gasteiger partial charge in [-0.05, 0) is 25.4 Å². The third kappa shape index (κ3) is 1.30. The van der Waals surface area contributed by atoms with Gasteiger partial charge in [0.05, 0.1) is 0 Å². The molecule has 56 valence electrons. The van der Waals surface area contributed by atoms with Crippen molar-refractivity contribution in [1.29, 1.82) is 0 Å². The van der Waals surface area contributed by atoms with Crippen LogP contribution in [0, 0.1) is 0 Å². The summed E-state index contributed by atoms with van der Waals surface area (Å²) in [5.41, 5.74) is -0.654. The van der Waals surface area contributed by atoms with E-state index in [2.05, 4.69) is 9.40 Å². The number of aromatic nitrogens is 1. The summed E-state index contributed by atoms with van der Waals surface area (Å²) >= 11 is 5.54. The Morgan fingerprint density at radius 3 is 2.50 bits per heavy atom. The monoisotopic (exact) mass is 161 g/mol. The number of nitrogens with zero attached hydrogens (tertiary/aromatic N) is 1. The van der Waals surface area contributed by atoms with Gasteiger partial charge in [-0.3, -0.25) is 0 Å². The van der Waals surface area contributed by atoms with Gasteiger partial charge in [0.25, 0.3) is 0 Å². The summed E-state index contributed by atoms with van der Waals surface area (Å²) in [6.45, 7) is 3.19. The van der Waals surface area contributed by atoms with Gasteiger partial charge in [-0.2, -0.15) is 0 Å². The first kappa shape index (κ1) is 7.57. The minimum absolute atomic E-state index is 0.146. The molecule has 0 amide bonds. The van der Waals surface area contributed by atoms with Crippen LogP contribution in [0.15, 0.2) is 10.8 Å². The maximum atomic E-state index is 9.35. The molecular formula is C6H8ClNO2. The molecule has 0 aliphatic heterocycles. The standard InChI is InChI=1S/C6H8ClNO2/c1-6(2,9)4-5(7)10-3-8-4/h3,9H,1-2H3. The Morgan fingerprint density at radius 2 is 2.30 bits per heavy atom. The minimum atomic E-state index is -1.02. The highest BCUT2D eigenvalue weighted by Gasteiger charge is 2.23. The van der Waals surface area contributed by atoms with Crippen molar-refractivity contribution < 1.29 is 9.52 Å². The average Bonchev–Trinajstić information content (AvgIpc) is 2.11. The molecule has 0 aromatic carbocycles. The molecule has 0 radical (unpaired) electrons. The van der Waals surface area contributed by atoms with E-state index in [1.165, 1.54) is 6.39 Å². The molecule has 1 aromatic heterocycles. The van der Waals surface area contributed by atoms with Gasteiger partial charge < -0.3 is 9.52 Å². The summed E-state index contributed by atoms with van der Waals surface area (Å²) in [6.07, 6.45) is 1.20. The van der Waals surface area contributed by atoms with Crippen molar-refractivity contribution in [2.45, 2.75) is 19.4 Å². The normalized spacial score (nSPS) is 12.0. The first-order valence-corrected chi connectivity index (χ1v) is 3.21. The molecule has 10 heavy (non-hydrogen) atoms. The summed E-state index contributed by atoms with van der Waals surface area (Å²) in [6, 6.07) is 0. The third-order valence-corrected chi connectivity index (χ3v) is 1.37. The lowest BCUT2D eigenvalue weighted by Crippen LogP contribution is -2.16. The van der Waals surface area contributed by atoms with E-state index in [4.69, 9.17) is 11.6 Å².